The Hall–Kier alpha value is -2.09. The number of para-hydroxylation sites is 1. The third kappa shape index (κ3) is 5.95. The number of nitrogens with one attached hydrogen (secondary N) is 1. The van der Waals surface area contributed by atoms with Crippen LogP contribution < -0.4 is 15.0 Å². The van der Waals surface area contributed by atoms with Crippen molar-refractivity contribution in [1.29, 1.82) is 0 Å². The summed E-state index contributed by atoms with van der Waals surface area (Å²) in [6.45, 7) is 0. The van der Waals surface area contributed by atoms with Gasteiger partial charge in [0, 0.05) is 29.6 Å². The predicted octanol–water partition coefficient (Wildman–Crippen LogP) is 3.35. The van der Waals surface area contributed by atoms with Crippen LogP contribution >= 0.6 is 23.2 Å². The zero-order valence-electron chi connectivity index (χ0n) is 14.7. The molecule has 0 aromatic heterocycles. The van der Waals surface area contributed by atoms with Crippen molar-refractivity contribution in [2.45, 2.75) is 0 Å². The zero-order chi connectivity index (χ0) is 20.0. The summed E-state index contributed by atoms with van der Waals surface area (Å²) < 4.78 is 17.2. The number of ether oxygens (including phenoxy) is 1. The first-order valence-electron chi connectivity index (χ1n) is 7.81. The molecule has 2 rings (SSSR count). The Labute approximate surface area is 169 Å². The van der Waals surface area contributed by atoms with Crippen LogP contribution in [0.1, 0.15) is 0 Å². The highest BCUT2D eigenvalue weighted by Gasteiger charge is 2.18. The van der Waals surface area contributed by atoms with Crippen LogP contribution in [0.5, 0.6) is 5.75 Å². The molecule has 0 saturated heterocycles. The molecule has 0 saturated carbocycles. The third-order valence-electron chi connectivity index (χ3n) is 3.61. The van der Waals surface area contributed by atoms with Crippen LogP contribution in [0.4, 0.5) is 11.4 Å². The summed E-state index contributed by atoms with van der Waals surface area (Å²) in [5.74, 6) is -1.14. The van der Waals surface area contributed by atoms with Gasteiger partial charge in [0.05, 0.1) is 22.8 Å². The van der Waals surface area contributed by atoms with Gasteiger partial charge in [-0.3, -0.25) is 13.8 Å². The maximum atomic E-state index is 12.2. The molecular weight excluding hydrogens is 411 g/mol. The number of amides is 2. The van der Waals surface area contributed by atoms with Crippen LogP contribution in [0.25, 0.3) is 0 Å². The molecule has 1 N–H and O–H groups in total. The summed E-state index contributed by atoms with van der Waals surface area (Å²) in [7, 11) is 1.36. The van der Waals surface area contributed by atoms with Gasteiger partial charge >= 0.3 is 0 Å². The normalized spacial score (nSPS) is 11.6. The molecule has 0 aliphatic carbocycles. The van der Waals surface area contributed by atoms with E-state index in [-0.39, 0.29) is 28.1 Å². The fourth-order valence-corrected chi connectivity index (χ4v) is 3.64. The number of nitrogens with zero attached hydrogens (tertiary/aromatic N) is 1. The minimum Gasteiger partial charge on any atom is -0.495 e. The Morgan fingerprint density at radius 3 is 2.41 bits per heavy atom. The standard InChI is InChI=1S/C18H18Cl2N2O4S/c1-22(12-6-4-3-5-7-12)18(24)11-27(25)10-17(23)21-15-9-16(26-2)14(20)8-13(15)19/h3-9H,10-11H2,1-2H3,(H,21,23)/t27-/m1/s1. The Kier molecular flexibility index (Phi) is 7.65. The summed E-state index contributed by atoms with van der Waals surface area (Å²) in [5.41, 5.74) is 0.969. The van der Waals surface area contributed by atoms with Gasteiger partial charge in [-0.1, -0.05) is 41.4 Å². The summed E-state index contributed by atoms with van der Waals surface area (Å²) in [6, 6.07) is 11.9. The number of carbonyl (C=O) groups excluding carboxylic acids is 2. The fraction of sp³-hybridized carbons (Fsp3) is 0.222. The molecule has 2 aromatic carbocycles. The van der Waals surface area contributed by atoms with Crippen molar-refractivity contribution < 1.29 is 18.5 Å². The Balaban J connectivity index is 1.94. The lowest BCUT2D eigenvalue weighted by atomic mass is 10.3. The monoisotopic (exact) mass is 428 g/mol. The van der Waals surface area contributed by atoms with Gasteiger partial charge < -0.3 is 15.0 Å². The minimum absolute atomic E-state index is 0.222. The molecular formula is C18H18Cl2N2O4S. The Bertz CT molecular complexity index is 862. The number of methoxy groups -OCH3 is 1. The Morgan fingerprint density at radius 2 is 1.78 bits per heavy atom. The highest BCUT2D eigenvalue weighted by Crippen LogP contribution is 2.33. The molecule has 144 valence electrons. The molecule has 0 radical (unpaired) electrons. The average Bonchev–Trinajstić information content (AvgIpc) is 2.63. The quantitative estimate of drug-likeness (QED) is 0.733. The van der Waals surface area contributed by atoms with Gasteiger partial charge in [0.15, 0.2) is 0 Å². The molecule has 1 atom stereocenters. The second-order valence-electron chi connectivity index (χ2n) is 5.53. The fourth-order valence-electron chi connectivity index (χ4n) is 2.20. The lowest BCUT2D eigenvalue weighted by Crippen LogP contribution is -2.33. The molecule has 27 heavy (non-hydrogen) atoms. The number of anilines is 2. The van der Waals surface area contributed by atoms with E-state index in [4.69, 9.17) is 27.9 Å². The largest absolute Gasteiger partial charge is 0.495 e. The molecule has 0 fully saturated rings. The highest BCUT2D eigenvalue weighted by molar-refractivity contribution is 7.86. The van der Waals surface area contributed by atoms with Crippen molar-refractivity contribution in [3.8, 4) is 5.75 Å². The summed E-state index contributed by atoms with van der Waals surface area (Å²) in [6.07, 6.45) is 0. The van der Waals surface area contributed by atoms with E-state index in [1.54, 1.807) is 31.3 Å². The van der Waals surface area contributed by atoms with E-state index in [0.717, 1.165) is 0 Å². The van der Waals surface area contributed by atoms with Gasteiger partial charge in [0.2, 0.25) is 11.8 Å². The van der Waals surface area contributed by atoms with Gasteiger partial charge in [0.1, 0.15) is 17.3 Å². The molecule has 0 aliphatic heterocycles. The number of rotatable bonds is 7. The molecule has 2 aromatic rings. The molecule has 0 bridgehead atoms. The number of halogens is 2. The van der Waals surface area contributed by atoms with Crippen LogP contribution in [0.3, 0.4) is 0 Å². The average molecular weight is 429 g/mol. The number of hydrogen-bond acceptors (Lipinski definition) is 4. The first kappa shape index (κ1) is 21.2. The lowest BCUT2D eigenvalue weighted by Gasteiger charge is -2.17. The van der Waals surface area contributed by atoms with E-state index >= 15 is 0 Å². The van der Waals surface area contributed by atoms with Crippen molar-refractivity contribution in [3.05, 3.63) is 52.5 Å². The second-order valence-corrected chi connectivity index (χ2v) is 7.80. The minimum atomic E-state index is -1.67. The lowest BCUT2D eigenvalue weighted by molar-refractivity contribution is -0.116. The maximum absolute atomic E-state index is 12.2. The Morgan fingerprint density at radius 1 is 1.11 bits per heavy atom. The van der Waals surface area contributed by atoms with Gasteiger partial charge in [0.25, 0.3) is 0 Å². The summed E-state index contributed by atoms with van der Waals surface area (Å²) in [5, 5.41) is 3.08. The van der Waals surface area contributed by atoms with Crippen LogP contribution in [0, 0.1) is 0 Å². The van der Waals surface area contributed by atoms with Gasteiger partial charge in [-0.05, 0) is 18.2 Å². The van der Waals surface area contributed by atoms with Crippen molar-refractivity contribution in [2.75, 3.05) is 35.9 Å². The number of benzene rings is 2. The maximum Gasteiger partial charge on any atom is 0.239 e. The van der Waals surface area contributed by atoms with Gasteiger partial charge in [-0.15, -0.1) is 0 Å². The smallest absolute Gasteiger partial charge is 0.239 e. The summed E-state index contributed by atoms with van der Waals surface area (Å²) >= 11 is 12.0. The predicted molar refractivity (Wildman–Crippen MR) is 109 cm³/mol. The SMILES string of the molecule is COc1cc(NC(=O)C[S@@](=O)CC(=O)N(C)c2ccccc2)c(Cl)cc1Cl. The zero-order valence-corrected chi connectivity index (χ0v) is 17.0. The van der Waals surface area contributed by atoms with Crippen LogP contribution in [0.2, 0.25) is 10.0 Å². The topological polar surface area (TPSA) is 75.7 Å². The number of carbonyl (C=O) groups is 2. The van der Waals surface area contributed by atoms with E-state index in [1.807, 2.05) is 6.07 Å². The molecule has 9 heteroatoms. The highest BCUT2D eigenvalue weighted by atomic mass is 35.5. The van der Waals surface area contributed by atoms with Crippen LogP contribution in [0.15, 0.2) is 42.5 Å². The van der Waals surface area contributed by atoms with Gasteiger partial charge in [-0.2, -0.15) is 0 Å². The van der Waals surface area contributed by atoms with E-state index < -0.39 is 16.7 Å². The van der Waals surface area contributed by atoms with Crippen LogP contribution in [-0.4, -0.2) is 41.7 Å². The van der Waals surface area contributed by atoms with E-state index in [2.05, 4.69) is 5.32 Å². The van der Waals surface area contributed by atoms with Crippen molar-refractivity contribution in [1.82, 2.24) is 0 Å². The van der Waals surface area contributed by atoms with Crippen molar-refractivity contribution in [3.63, 3.8) is 0 Å². The van der Waals surface area contributed by atoms with E-state index in [1.165, 1.54) is 24.1 Å². The number of hydrogen-bond donors (Lipinski definition) is 1. The molecule has 0 heterocycles. The van der Waals surface area contributed by atoms with Crippen LogP contribution in [-0.2, 0) is 20.4 Å². The summed E-state index contributed by atoms with van der Waals surface area (Å²) in [4.78, 5) is 25.7. The van der Waals surface area contributed by atoms with Crippen molar-refractivity contribution >= 4 is 57.2 Å². The van der Waals surface area contributed by atoms with Crippen molar-refractivity contribution in [2.24, 2.45) is 0 Å². The van der Waals surface area contributed by atoms with E-state index in [9.17, 15) is 13.8 Å². The van der Waals surface area contributed by atoms with Gasteiger partial charge in [-0.25, -0.2) is 0 Å². The first-order chi connectivity index (χ1) is 12.8. The molecule has 0 unspecified atom stereocenters. The first-order valence-corrected chi connectivity index (χ1v) is 10.1. The molecule has 6 nitrogen and oxygen atoms in total. The molecule has 2 amide bonds. The second kappa shape index (κ2) is 9.73. The van der Waals surface area contributed by atoms with E-state index in [0.29, 0.717) is 16.5 Å². The molecule has 0 spiro atoms. The third-order valence-corrected chi connectivity index (χ3v) is 5.37. The molecule has 0 aliphatic rings.